The summed E-state index contributed by atoms with van der Waals surface area (Å²) in [5.41, 5.74) is 0.150. The molecule has 0 aliphatic heterocycles. The topological polar surface area (TPSA) is 58.6 Å². The molecule has 5 nitrogen and oxygen atoms in total. The molecule has 1 aromatic carbocycles. The summed E-state index contributed by atoms with van der Waals surface area (Å²) in [5.74, 6) is -3.20. The molecule has 0 aliphatic carbocycles. The van der Waals surface area contributed by atoms with Crippen LogP contribution in [0.4, 0.5) is 17.6 Å². The number of carbonyl (C=O) groups is 2. The van der Waals surface area contributed by atoms with Gasteiger partial charge in [-0.25, -0.2) is 9.45 Å². The van der Waals surface area contributed by atoms with Gasteiger partial charge in [0.25, 0.3) is 0 Å². The van der Waals surface area contributed by atoms with Gasteiger partial charge in [-0.3, -0.25) is 14.4 Å². The van der Waals surface area contributed by atoms with Gasteiger partial charge in [0.2, 0.25) is 5.91 Å². The van der Waals surface area contributed by atoms with Crippen LogP contribution < -0.4 is 5.32 Å². The van der Waals surface area contributed by atoms with E-state index in [-0.39, 0.29) is 24.8 Å². The van der Waals surface area contributed by atoms with Crippen LogP contribution in [0.3, 0.4) is 0 Å². The fourth-order valence-corrected chi connectivity index (χ4v) is 1.98. The van der Waals surface area contributed by atoms with Crippen molar-refractivity contribution in [3.05, 3.63) is 35.6 Å². The third-order valence-corrected chi connectivity index (χ3v) is 3.35. The van der Waals surface area contributed by atoms with Gasteiger partial charge in [-0.15, -0.1) is 0 Å². The number of nitrogens with zero attached hydrogens (tertiary/aromatic N) is 1. The van der Waals surface area contributed by atoms with E-state index >= 15 is 0 Å². The molecule has 9 heteroatoms. The molecule has 0 fully saturated rings. The van der Waals surface area contributed by atoms with Gasteiger partial charge < -0.3 is 5.32 Å². The first kappa shape index (κ1) is 19.9. The quantitative estimate of drug-likeness (QED) is 0.606. The van der Waals surface area contributed by atoms with Gasteiger partial charge in [-0.2, -0.15) is 13.2 Å². The van der Waals surface area contributed by atoms with E-state index in [9.17, 15) is 27.2 Å². The predicted octanol–water partition coefficient (Wildman–Crippen LogP) is 2.22. The Hall–Kier alpha value is -2.16. The molecule has 0 aliphatic rings. The largest absolute Gasteiger partial charge is 0.471 e. The molecule has 0 heterocycles. The van der Waals surface area contributed by atoms with Gasteiger partial charge in [0.05, 0.1) is 7.11 Å². The SMILES string of the molecule is CON(C)C(=O)CC[C@@H](Cc1ccccc1F)NC(=O)C(F)(F)F. The summed E-state index contributed by atoms with van der Waals surface area (Å²) in [6.45, 7) is 0. The second-order valence-electron chi connectivity index (χ2n) is 5.08. The molecular formula is C15H18F4N2O3. The maximum Gasteiger partial charge on any atom is 0.471 e. The number of hydrogen-bond acceptors (Lipinski definition) is 3. The molecule has 2 amide bonds. The van der Waals surface area contributed by atoms with E-state index in [4.69, 9.17) is 0 Å². The van der Waals surface area contributed by atoms with E-state index in [0.717, 1.165) is 5.06 Å². The number of benzene rings is 1. The van der Waals surface area contributed by atoms with Crippen molar-refractivity contribution in [1.82, 2.24) is 10.4 Å². The average molecular weight is 350 g/mol. The van der Waals surface area contributed by atoms with Crippen LogP contribution in [-0.4, -0.2) is 43.3 Å². The van der Waals surface area contributed by atoms with Crippen LogP contribution in [0.25, 0.3) is 0 Å². The molecule has 0 saturated carbocycles. The Bertz CT molecular complexity index is 578. The first-order chi connectivity index (χ1) is 11.1. The standard InChI is InChI=1S/C15H18F4N2O3/c1-21(24-2)13(22)8-7-11(20-14(23)15(17,18)19)9-10-5-3-4-6-12(10)16/h3-6,11H,7-9H2,1-2H3,(H,20,23)/t11-/m0/s1. The molecule has 0 spiro atoms. The van der Waals surface area contributed by atoms with E-state index in [1.807, 2.05) is 0 Å². The molecule has 1 rings (SSSR count). The van der Waals surface area contributed by atoms with Crippen LogP contribution in [0.5, 0.6) is 0 Å². The van der Waals surface area contributed by atoms with Gasteiger partial charge in [-0.1, -0.05) is 18.2 Å². The number of hydroxylamine groups is 2. The fraction of sp³-hybridized carbons (Fsp3) is 0.467. The van der Waals surface area contributed by atoms with Crippen molar-refractivity contribution < 1.29 is 32.0 Å². The van der Waals surface area contributed by atoms with Crippen LogP contribution >= 0.6 is 0 Å². The Kier molecular flexibility index (Phi) is 7.15. The van der Waals surface area contributed by atoms with Crippen LogP contribution in [0.15, 0.2) is 24.3 Å². The highest BCUT2D eigenvalue weighted by molar-refractivity contribution is 5.82. The summed E-state index contributed by atoms with van der Waals surface area (Å²) in [4.78, 5) is 27.5. The van der Waals surface area contributed by atoms with Crippen molar-refractivity contribution in [1.29, 1.82) is 0 Å². The Morgan fingerprint density at radius 2 is 1.92 bits per heavy atom. The van der Waals surface area contributed by atoms with Crippen molar-refractivity contribution in [3.8, 4) is 0 Å². The molecule has 0 radical (unpaired) electrons. The lowest BCUT2D eigenvalue weighted by molar-refractivity contribution is -0.174. The van der Waals surface area contributed by atoms with Crippen molar-refractivity contribution in [2.45, 2.75) is 31.5 Å². The van der Waals surface area contributed by atoms with Gasteiger partial charge in [0, 0.05) is 19.5 Å². The number of amides is 2. The molecule has 1 N–H and O–H groups in total. The normalized spacial score (nSPS) is 12.6. The molecule has 134 valence electrons. The number of hydrogen-bond donors (Lipinski definition) is 1. The lowest BCUT2D eigenvalue weighted by Gasteiger charge is -2.21. The predicted molar refractivity (Wildman–Crippen MR) is 77.1 cm³/mol. The molecule has 24 heavy (non-hydrogen) atoms. The highest BCUT2D eigenvalue weighted by Crippen LogP contribution is 2.17. The van der Waals surface area contributed by atoms with Crippen LogP contribution in [-0.2, 0) is 20.8 Å². The zero-order valence-electron chi connectivity index (χ0n) is 13.2. The number of alkyl halides is 3. The highest BCUT2D eigenvalue weighted by Gasteiger charge is 2.39. The zero-order valence-corrected chi connectivity index (χ0v) is 13.2. The van der Waals surface area contributed by atoms with Crippen molar-refractivity contribution in [2.75, 3.05) is 14.2 Å². The molecule has 1 aromatic rings. The maximum atomic E-state index is 13.7. The third kappa shape index (κ3) is 6.15. The molecule has 0 bridgehead atoms. The van der Waals surface area contributed by atoms with Crippen LogP contribution in [0, 0.1) is 5.82 Å². The minimum atomic E-state index is -5.05. The van der Waals surface area contributed by atoms with E-state index in [2.05, 4.69) is 4.84 Å². The Labute approximate surface area is 136 Å². The Morgan fingerprint density at radius 1 is 1.29 bits per heavy atom. The molecule has 0 saturated heterocycles. The number of carbonyl (C=O) groups excluding carboxylic acids is 2. The van der Waals surface area contributed by atoms with E-state index < -0.39 is 29.8 Å². The number of nitrogens with one attached hydrogen (secondary N) is 1. The Morgan fingerprint density at radius 3 is 2.46 bits per heavy atom. The molecular weight excluding hydrogens is 332 g/mol. The van der Waals surface area contributed by atoms with Gasteiger partial charge in [0.1, 0.15) is 5.82 Å². The fourth-order valence-electron chi connectivity index (χ4n) is 1.98. The second kappa shape index (κ2) is 8.62. The van der Waals surface area contributed by atoms with E-state index in [1.165, 1.54) is 38.4 Å². The molecule has 0 aromatic heterocycles. The summed E-state index contributed by atoms with van der Waals surface area (Å²) < 4.78 is 51.0. The van der Waals surface area contributed by atoms with Gasteiger partial charge in [-0.05, 0) is 24.5 Å². The monoisotopic (exact) mass is 350 g/mol. The lowest BCUT2D eigenvalue weighted by Crippen LogP contribution is -2.44. The summed E-state index contributed by atoms with van der Waals surface area (Å²) in [7, 11) is 2.61. The van der Waals surface area contributed by atoms with E-state index in [1.54, 1.807) is 5.32 Å². The van der Waals surface area contributed by atoms with Gasteiger partial charge in [0.15, 0.2) is 0 Å². The maximum absolute atomic E-state index is 13.7. The second-order valence-corrected chi connectivity index (χ2v) is 5.08. The average Bonchev–Trinajstić information content (AvgIpc) is 2.52. The molecule has 1 atom stereocenters. The summed E-state index contributed by atoms with van der Waals surface area (Å²) in [6.07, 6.45) is -5.48. The zero-order chi connectivity index (χ0) is 18.3. The van der Waals surface area contributed by atoms with E-state index in [0.29, 0.717) is 0 Å². The van der Waals surface area contributed by atoms with Crippen molar-refractivity contribution >= 4 is 11.8 Å². The Balaban J connectivity index is 2.81. The first-order valence-corrected chi connectivity index (χ1v) is 7.07. The van der Waals surface area contributed by atoms with Crippen molar-refractivity contribution in [2.24, 2.45) is 0 Å². The van der Waals surface area contributed by atoms with Crippen LogP contribution in [0.1, 0.15) is 18.4 Å². The number of halogens is 4. The molecule has 0 unspecified atom stereocenters. The lowest BCUT2D eigenvalue weighted by atomic mass is 10.0. The number of rotatable bonds is 7. The minimum absolute atomic E-state index is 0.0946. The van der Waals surface area contributed by atoms with Crippen LogP contribution in [0.2, 0.25) is 0 Å². The summed E-state index contributed by atoms with van der Waals surface area (Å²) >= 11 is 0. The van der Waals surface area contributed by atoms with Gasteiger partial charge >= 0.3 is 12.1 Å². The first-order valence-electron chi connectivity index (χ1n) is 7.07. The minimum Gasteiger partial charge on any atom is -0.345 e. The summed E-state index contributed by atoms with van der Waals surface area (Å²) in [6, 6.07) is 4.50. The van der Waals surface area contributed by atoms with Crippen molar-refractivity contribution in [3.63, 3.8) is 0 Å². The highest BCUT2D eigenvalue weighted by atomic mass is 19.4. The third-order valence-electron chi connectivity index (χ3n) is 3.35. The summed E-state index contributed by atoms with van der Waals surface area (Å²) in [5, 5.41) is 2.73. The smallest absolute Gasteiger partial charge is 0.345 e.